The zero-order valence-electron chi connectivity index (χ0n) is 16.5. The lowest BCUT2D eigenvalue weighted by atomic mass is 9.70. The highest BCUT2D eigenvalue weighted by atomic mass is 16.2. The molecule has 2 N–H and O–H groups in total. The van der Waals surface area contributed by atoms with Gasteiger partial charge in [-0.25, -0.2) is 0 Å². The van der Waals surface area contributed by atoms with Gasteiger partial charge in [-0.1, -0.05) is 46.2 Å². The maximum absolute atomic E-state index is 12.6. The van der Waals surface area contributed by atoms with Gasteiger partial charge >= 0.3 is 0 Å². The molecule has 2 fully saturated rings. The van der Waals surface area contributed by atoms with Crippen LogP contribution in [0.1, 0.15) is 75.7 Å². The van der Waals surface area contributed by atoms with Crippen LogP contribution >= 0.6 is 0 Å². The van der Waals surface area contributed by atoms with Crippen LogP contribution in [0.2, 0.25) is 0 Å². The first kappa shape index (κ1) is 18.9. The highest BCUT2D eigenvalue weighted by Crippen LogP contribution is 2.37. The van der Waals surface area contributed by atoms with E-state index in [9.17, 15) is 9.59 Å². The van der Waals surface area contributed by atoms with Gasteiger partial charge in [0.15, 0.2) is 0 Å². The number of benzene rings is 1. The molecule has 1 saturated carbocycles. The van der Waals surface area contributed by atoms with E-state index in [0.717, 1.165) is 25.7 Å². The smallest absolute Gasteiger partial charge is 0.251 e. The normalized spacial score (nSPS) is 28.8. The molecule has 4 atom stereocenters. The molecule has 142 valence electrons. The van der Waals surface area contributed by atoms with Crippen LogP contribution in [0, 0.1) is 11.8 Å². The first-order valence-corrected chi connectivity index (χ1v) is 9.98. The van der Waals surface area contributed by atoms with Crippen LogP contribution in [0.4, 0.5) is 0 Å². The standard InChI is InChI=1S/C22H32N2O2/c1-5-14-12-20(25)24-19-13-17(10-11-18(14)19)23-21(26)15-6-8-16(9-7-15)22(2,3)4/h6-9,14,17-19H,5,10-13H2,1-4H3,(H,23,26)(H,24,25). The lowest BCUT2D eigenvalue weighted by Crippen LogP contribution is -2.55. The van der Waals surface area contributed by atoms with E-state index in [1.54, 1.807) is 0 Å². The van der Waals surface area contributed by atoms with Crippen molar-refractivity contribution in [2.45, 2.75) is 77.3 Å². The molecule has 2 amide bonds. The van der Waals surface area contributed by atoms with Crippen LogP contribution in [0.15, 0.2) is 24.3 Å². The monoisotopic (exact) mass is 356 g/mol. The Bertz CT molecular complexity index is 660. The van der Waals surface area contributed by atoms with Gasteiger partial charge in [-0.05, 0) is 54.2 Å². The SMILES string of the molecule is CCC1CC(=O)NC2CC(NC(=O)c3ccc(C(C)(C)C)cc3)CCC12. The van der Waals surface area contributed by atoms with E-state index in [2.05, 4.69) is 38.3 Å². The van der Waals surface area contributed by atoms with Crippen molar-refractivity contribution in [1.29, 1.82) is 0 Å². The number of fused-ring (bicyclic) bond motifs is 1. The topological polar surface area (TPSA) is 58.2 Å². The number of carbonyl (C=O) groups is 2. The molecule has 1 aromatic rings. The predicted octanol–water partition coefficient (Wildman–Crippen LogP) is 3.80. The van der Waals surface area contributed by atoms with Gasteiger partial charge in [0.1, 0.15) is 0 Å². The molecule has 1 heterocycles. The van der Waals surface area contributed by atoms with Crippen LogP contribution < -0.4 is 10.6 Å². The predicted molar refractivity (Wildman–Crippen MR) is 104 cm³/mol. The van der Waals surface area contributed by atoms with Crippen LogP contribution in [0.3, 0.4) is 0 Å². The Hall–Kier alpha value is -1.84. The maximum atomic E-state index is 12.6. The first-order valence-electron chi connectivity index (χ1n) is 9.98. The van der Waals surface area contributed by atoms with Crippen molar-refractivity contribution in [3.05, 3.63) is 35.4 Å². The van der Waals surface area contributed by atoms with E-state index in [4.69, 9.17) is 0 Å². The highest BCUT2D eigenvalue weighted by Gasteiger charge is 2.40. The Morgan fingerprint density at radius 2 is 1.88 bits per heavy atom. The number of hydrogen-bond donors (Lipinski definition) is 2. The van der Waals surface area contributed by atoms with Gasteiger partial charge in [0, 0.05) is 24.1 Å². The van der Waals surface area contributed by atoms with Gasteiger partial charge < -0.3 is 10.6 Å². The second-order valence-electron chi connectivity index (χ2n) is 9.02. The lowest BCUT2D eigenvalue weighted by Gasteiger charge is -2.44. The fourth-order valence-corrected chi connectivity index (χ4v) is 4.55. The van der Waals surface area contributed by atoms with Crippen molar-refractivity contribution >= 4 is 11.8 Å². The third-order valence-electron chi connectivity index (χ3n) is 6.18. The molecule has 0 spiro atoms. The minimum absolute atomic E-state index is 0.0110. The van der Waals surface area contributed by atoms with Gasteiger partial charge in [0.05, 0.1) is 0 Å². The molecule has 26 heavy (non-hydrogen) atoms. The van der Waals surface area contributed by atoms with Crippen molar-refractivity contribution in [2.75, 3.05) is 0 Å². The zero-order chi connectivity index (χ0) is 18.9. The first-order chi connectivity index (χ1) is 12.3. The summed E-state index contributed by atoms with van der Waals surface area (Å²) >= 11 is 0. The Labute approximate surface area is 157 Å². The Kier molecular flexibility index (Phi) is 5.40. The van der Waals surface area contributed by atoms with Gasteiger partial charge in [-0.3, -0.25) is 9.59 Å². The van der Waals surface area contributed by atoms with E-state index in [-0.39, 0.29) is 29.3 Å². The average molecular weight is 357 g/mol. The molecule has 1 aliphatic heterocycles. The van der Waals surface area contributed by atoms with E-state index >= 15 is 0 Å². The molecular formula is C22H32N2O2. The maximum Gasteiger partial charge on any atom is 0.251 e. The van der Waals surface area contributed by atoms with Crippen molar-refractivity contribution in [3.8, 4) is 0 Å². The second-order valence-corrected chi connectivity index (χ2v) is 9.02. The summed E-state index contributed by atoms with van der Waals surface area (Å²) in [5.41, 5.74) is 2.02. The number of amides is 2. The Morgan fingerprint density at radius 1 is 1.19 bits per heavy atom. The van der Waals surface area contributed by atoms with Crippen molar-refractivity contribution in [3.63, 3.8) is 0 Å². The van der Waals surface area contributed by atoms with Gasteiger partial charge in [-0.15, -0.1) is 0 Å². The summed E-state index contributed by atoms with van der Waals surface area (Å²) in [4.78, 5) is 24.6. The zero-order valence-corrected chi connectivity index (χ0v) is 16.5. The minimum atomic E-state index is -0.0110. The number of rotatable bonds is 3. The number of carbonyl (C=O) groups excluding carboxylic acids is 2. The molecule has 4 heteroatoms. The molecule has 0 aromatic heterocycles. The molecule has 1 aromatic carbocycles. The quantitative estimate of drug-likeness (QED) is 0.865. The summed E-state index contributed by atoms with van der Waals surface area (Å²) in [5.74, 6) is 1.22. The van der Waals surface area contributed by atoms with Crippen LogP contribution in [-0.2, 0) is 10.2 Å². The summed E-state index contributed by atoms with van der Waals surface area (Å²) in [5, 5.41) is 6.34. The molecular weight excluding hydrogens is 324 g/mol. The van der Waals surface area contributed by atoms with Gasteiger partial charge in [-0.2, -0.15) is 0 Å². The summed E-state index contributed by atoms with van der Waals surface area (Å²) in [6, 6.07) is 8.26. The third-order valence-corrected chi connectivity index (χ3v) is 6.18. The van der Waals surface area contributed by atoms with Gasteiger partial charge in [0.2, 0.25) is 5.91 Å². The number of piperidine rings is 1. The fourth-order valence-electron chi connectivity index (χ4n) is 4.55. The molecule has 4 nitrogen and oxygen atoms in total. The Morgan fingerprint density at radius 3 is 2.50 bits per heavy atom. The van der Waals surface area contributed by atoms with E-state index in [1.807, 2.05) is 24.3 Å². The average Bonchev–Trinajstić information content (AvgIpc) is 2.60. The van der Waals surface area contributed by atoms with Gasteiger partial charge in [0.25, 0.3) is 5.91 Å². The summed E-state index contributed by atoms with van der Waals surface area (Å²) < 4.78 is 0. The Balaban J connectivity index is 1.61. The molecule has 0 bridgehead atoms. The van der Waals surface area contributed by atoms with Crippen LogP contribution in [0.25, 0.3) is 0 Å². The molecule has 2 aliphatic rings. The fraction of sp³-hybridized carbons (Fsp3) is 0.636. The van der Waals surface area contributed by atoms with E-state index < -0.39 is 0 Å². The largest absolute Gasteiger partial charge is 0.353 e. The molecule has 1 aliphatic carbocycles. The van der Waals surface area contributed by atoms with E-state index in [1.165, 1.54) is 5.56 Å². The number of hydrogen-bond acceptors (Lipinski definition) is 2. The van der Waals surface area contributed by atoms with Crippen LogP contribution in [-0.4, -0.2) is 23.9 Å². The van der Waals surface area contributed by atoms with Crippen LogP contribution in [0.5, 0.6) is 0 Å². The molecule has 4 unspecified atom stereocenters. The van der Waals surface area contributed by atoms with Crippen molar-refractivity contribution < 1.29 is 9.59 Å². The molecule has 0 radical (unpaired) electrons. The second kappa shape index (κ2) is 7.42. The third kappa shape index (κ3) is 4.11. The minimum Gasteiger partial charge on any atom is -0.353 e. The summed E-state index contributed by atoms with van der Waals surface area (Å²) in [6.45, 7) is 8.68. The van der Waals surface area contributed by atoms with Crippen molar-refractivity contribution in [2.24, 2.45) is 11.8 Å². The number of nitrogens with one attached hydrogen (secondary N) is 2. The highest BCUT2D eigenvalue weighted by molar-refractivity contribution is 5.94. The molecule has 1 saturated heterocycles. The summed E-state index contributed by atoms with van der Waals surface area (Å²) in [7, 11) is 0. The lowest BCUT2D eigenvalue weighted by molar-refractivity contribution is -0.127. The molecule has 3 rings (SSSR count). The summed E-state index contributed by atoms with van der Waals surface area (Å²) in [6.07, 6.45) is 4.65. The van der Waals surface area contributed by atoms with E-state index in [0.29, 0.717) is 23.8 Å². The van der Waals surface area contributed by atoms with Crippen molar-refractivity contribution in [1.82, 2.24) is 10.6 Å².